The quantitative estimate of drug-likeness (QED) is 0.0819. The number of likely N-dealkylation sites (tertiary alicyclic amines) is 1. The number of methoxy groups -OCH3 is 1. The van der Waals surface area contributed by atoms with Crippen LogP contribution in [0.2, 0.25) is 5.02 Å². The van der Waals surface area contributed by atoms with E-state index in [9.17, 15) is 4.79 Å². The number of carbonyl (C=O) groups is 2. The van der Waals surface area contributed by atoms with Gasteiger partial charge in [0, 0.05) is 46.8 Å². The third-order valence-electron chi connectivity index (χ3n) is 8.61. The maximum atomic E-state index is 11.5. The Bertz CT molecular complexity index is 1780. The molecule has 0 atom stereocenters. The average molecular weight is 735 g/mol. The molecule has 2 aliphatic rings. The number of rotatable bonds is 13. The number of ether oxygens (including phenoxy) is 5. The Balaban J connectivity index is 0.00000162. The van der Waals surface area contributed by atoms with Crippen LogP contribution in [0.3, 0.4) is 0 Å². The summed E-state index contributed by atoms with van der Waals surface area (Å²) in [5.74, 6) is 3.25. The molecule has 3 aromatic carbocycles. The highest BCUT2D eigenvalue weighted by molar-refractivity contribution is 7.99. The number of carbonyl (C=O) groups excluding carboxylic acids is 1. The van der Waals surface area contributed by atoms with Gasteiger partial charge in [-0.15, -0.1) is 11.8 Å². The summed E-state index contributed by atoms with van der Waals surface area (Å²) in [5, 5.41) is 7.45. The number of fused-ring (bicyclic) bond motifs is 1. The number of piperidine rings is 1. The minimum absolute atomic E-state index is 0.222. The SMILES string of the molecule is COC(=O)CCSc1cncc(COc2cc(OCc3cccc(-c4ccc5c(c4)OCCO5)c3C)c(Cl)cc2CN2CCCCC2)c1.O=CO. The molecule has 1 aromatic heterocycles. The predicted molar refractivity (Wildman–Crippen MR) is 197 cm³/mol. The second kappa shape index (κ2) is 19.2. The van der Waals surface area contributed by atoms with Crippen molar-refractivity contribution in [1.29, 1.82) is 0 Å². The smallest absolute Gasteiger partial charge is 0.306 e. The molecule has 1 fully saturated rings. The first kappa shape index (κ1) is 37.8. The largest absolute Gasteiger partial charge is 0.488 e. The van der Waals surface area contributed by atoms with E-state index in [0.717, 1.165) is 75.2 Å². The van der Waals surface area contributed by atoms with E-state index in [0.29, 0.717) is 49.4 Å². The van der Waals surface area contributed by atoms with Crippen molar-refractivity contribution >= 4 is 35.8 Å². The Kier molecular flexibility index (Phi) is 14.3. The molecule has 0 saturated carbocycles. The number of hydrogen-bond donors (Lipinski definition) is 1. The van der Waals surface area contributed by atoms with E-state index in [1.807, 2.05) is 36.4 Å². The number of aromatic nitrogens is 1. The van der Waals surface area contributed by atoms with Gasteiger partial charge in [0.1, 0.15) is 37.9 Å². The monoisotopic (exact) mass is 734 g/mol. The summed E-state index contributed by atoms with van der Waals surface area (Å²) in [6.07, 6.45) is 7.61. The van der Waals surface area contributed by atoms with Gasteiger partial charge in [0.2, 0.25) is 0 Å². The van der Waals surface area contributed by atoms with E-state index < -0.39 is 0 Å². The zero-order valence-corrected chi connectivity index (χ0v) is 30.5. The summed E-state index contributed by atoms with van der Waals surface area (Å²) in [6.45, 7) is 6.54. The first-order valence-electron chi connectivity index (χ1n) is 16.9. The summed E-state index contributed by atoms with van der Waals surface area (Å²) >= 11 is 8.44. The predicted octanol–water partition coefficient (Wildman–Crippen LogP) is 7.98. The maximum absolute atomic E-state index is 11.5. The molecular formula is C39H43ClN2O8S. The number of nitrogens with zero attached hydrogens (tertiary/aromatic N) is 2. The van der Waals surface area contributed by atoms with Gasteiger partial charge in [-0.05, 0) is 79.4 Å². The molecule has 1 N–H and O–H groups in total. The fourth-order valence-corrected chi connectivity index (χ4v) is 7.07. The number of esters is 1. The summed E-state index contributed by atoms with van der Waals surface area (Å²) in [7, 11) is 1.40. The molecule has 12 heteroatoms. The van der Waals surface area contributed by atoms with E-state index in [4.69, 9.17) is 45.2 Å². The van der Waals surface area contributed by atoms with Crippen molar-refractivity contribution in [2.24, 2.45) is 0 Å². The van der Waals surface area contributed by atoms with Crippen LogP contribution in [-0.4, -0.2) is 66.6 Å². The highest BCUT2D eigenvalue weighted by Crippen LogP contribution is 2.38. The molecule has 3 heterocycles. The molecule has 0 aliphatic carbocycles. The van der Waals surface area contributed by atoms with E-state index in [2.05, 4.69) is 35.0 Å². The van der Waals surface area contributed by atoms with Crippen molar-refractivity contribution in [2.45, 2.75) is 57.3 Å². The number of pyridine rings is 1. The van der Waals surface area contributed by atoms with Gasteiger partial charge >= 0.3 is 5.97 Å². The number of benzene rings is 3. The molecule has 6 rings (SSSR count). The molecule has 4 aromatic rings. The first-order valence-corrected chi connectivity index (χ1v) is 18.2. The normalized spacial score (nSPS) is 13.8. The third-order valence-corrected chi connectivity index (χ3v) is 9.87. The van der Waals surface area contributed by atoms with Crippen molar-refractivity contribution in [3.63, 3.8) is 0 Å². The molecule has 10 nitrogen and oxygen atoms in total. The van der Waals surface area contributed by atoms with Crippen molar-refractivity contribution in [3.8, 4) is 34.1 Å². The molecule has 1 saturated heterocycles. The van der Waals surface area contributed by atoms with Crippen LogP contribution < -0.4 is 18.9 Å². The third kappa shape index (κ3) is 10.8. The van der Waals surface area contributed by atoms with Crippen LogP contribution in [-0.2, 0) is 34.1 Å². The fraction of sp³-hybridized carbons (Fsp3) is 0.359. The maximum Gasteiger partial charge on any atom is 0.306 e. The lowest BCUT2D eigenvalue weighted by Gasteiger charge is -2.27. The minimum Gasteiger partial charge on any atom is -0.488 e. The average Bonchev–Trinajstić information content (AvgIpc) is 3.15. The molecule has 0 bridgehead atoms. The minimum atomic E-state index is -0.250. The van der Waals surface area contributed by atoms with Crippen LogP contribution in [0, 0.1) is 6.92 Å². The fourth-order valence-electron chi connectivity index (χ4n) is 5.96. The Morgan fingerprint density at radius 3 is 2.51 bits per heavy atom. The summed E-state index contributed by atoms with van der Waals surface area (Å²) in [5.41, 5.74) is 6.33. The van der Waals surface area contributed by atoms with Gasteiger partial charge < -0.3 is 28.8 Å². The summed E-state index contributed by atoms with van der Waals surface area (Å²) in [6, 6.07) is 18.3. The topological polar surface area (TPSA) is 117 Å². The van der Waals surface area contributed by atoms with Crippen LogP contribution in [0.4, 0.5) is 0 Å². The zero-order valence-electron chi connectivity index (χ0n) is 28.9. The Hall–Kier alpha value is -4.45. The van der Waals surface area contributed by atoms with Gasteiger partial charge in [0.05, 0.1) is 18.6 Å². The van der Waals surface area contributed by atoms with Crippen LogP contribution in [0.25, 0.3) is 11.1 Å². The number of hydrogen-bond acceptors (Lipinski definition) is 10. The molecule has 0 unspecified atom stereocenters. The number of thioether (sulfide) groups is 1. The second-order valence-electron chi connectivity index (χ2n) is 12.1. The molecule has 2 aliphatic heterocycles. The first-order chi connectivity index (χ1) is 24.9. The van der Waals surface area contributed by atoms with Crippen molar-refractivity contribution in [3.05, 3.63) is 94.3 Å². The van der Waals surface area contributed by atoms with Gasteiger partial charge in [0.15, 0.2) is 11.5 Å². The van der Waals surface area contributed by atoms with E-state index >= 15 is 0 Å². The Morgan fingerprint density at radius 2 is 1.73 bits per heavy atom. The number of carboxylic acid groups (broad SMARTS) is 1. The number of halogens is 1. The van der Waals surface area contributed by atoms with Crippen LogP contribution in [0.5, 0.6) is 23.0 Å². The summed E-state index contributed by atoms with van der Waals surface area (Å²) < 4.78 is 29.1. The Morgan fingerprint density at radius 1 is 0.961 bits per heavy atom. The lowest BCUT2D eigenvalue weighted by Crippen LogP contribution is -2.29. The highest BCUT2D eigenvalue weighted by Gasteiger charge is 2.18. The van der Waals surface area contributed by atoms with Crippen molar-refractivity contribution < 1.29 is 38.4 Å². The second-order valence-corrected chi connectivity index (χ2v) is 13.6. The van der Waals surface area contributed by atoms with Gasteiger partial charge in [-0.3, -0.25) is 19.5 Å². The van der Waals surface area contributed by atoms with Crippen molar-refractivity contribution in [1.82, 2.24) is 9.88 Å². The van der Waals surface area contributed by atoms with Crippen LogP contribution >= 0.6 is 23.4 Å². The van der Waals surface area contributed by atoms with E-state index in [-0.39, 0.29) is 12.4 Å². The van der Waals surface area contributed by atoms with Crippen LogP contribution in [0.15, 0.2) is 71.9 Å². The molecular weight excluding hydrogens is 692 g/mol. The van der Waals surface area contributed by atoms with E-state index in [1.54, 1.807) is 24.2 Å². The van der Waals surface area contributed by atoms with Gasteiger partial charge in [-0.25, -0.2) is 0 Å². The van der Waals surface area contributed by atoms with Gasteiger partial charge in [0.25, 0.3) is 6.47 Å². The van der Waals surface area contributed by atoms with Crippen LogP contribution in [0.1, 0.15) is 47.9 Å². The molecule has 270 valence electrons. The molecule has 0 radical (unpaired) electrons. The van der Waals surface area contributed by atoms with Gasteiger partial charge in [-0.1, -0.05) is 42.3 Å². The molecule has 0 spiro atoms. The highest BCUT2D eigenvalue weighted by atomic mass is 35.5. The van der Waals surface area contributed by atoms with E-state index in [1.165, 1.54) is 26.4 Å². The zero-order chi connectivity index (χ0) is 36.0. The Labute approximate surface area is 308 Å². The lowest BCUT2D eigenvalue weighted by atomic mass is 9.96. The summed E-state index contributed by atoms with van der Waals surface area (Å²) in [4.78, 5) is 27.7. The van der Waals surface area contributed by atoms with Crippen molar-refractivity contribution in [2.75, 3.05) is 39.2 Å². The van der Waals surface area contributed by atoms with Gasteiger partial charge in [-0.2, -0.15) is 0 Å². The lowest BCUT2D eigenvalue weighted by molar-refractivity contribution is -0.140. The molecule has 51 heavy (non-hydrogen) atoms. The standard InChI is InChI=1S/C38H41ClN2O6S.CH2O2/c1-26-29(7-6-8-32(26)28-9-10-34-37(19-28)45-15-14-44-34)25-47-36-20-35(30(18-33(36)39)23-41-12-4-3-5-13-41)46-24-27-17-31(22-40-21-27)48-16-11-38(42)43-2;2-1-3/h6-10,17-22H,3-5,11-16,23-25H2,1-2H3;1H,(H,2,3). The molecule has 0 amide bonds.